The van der Waals surface area contributed by atoms with Gasteiger partial charge in [0.1, 0.15) is 5.75 Å². The molecule has 1 aromatic carbocycles. The van der Waals surface area contributed by atoms with E-state index in [1.807, 2.05) is 0 Å². The number of halogens is 2. The second-order valence-corrected chi connectivity index (χ2v) is 7.64. The van der Waals surface area contributed by atoms with Crippen LogP contribution >= 0.6 is 23.2 Å². The van der Waals surface area contributed by atoms with Crippen molar-refractivity contribution in [3.05, 3.63) is 38.2 Å². The number of pyridine rings is 1. The summed E-state index contributed by atoms with van der Waals surface area (Å²) in [7, 11) is 1.73. The number of benzene rings is 1. The van der Waals surface area contributed by atoms with Crippen molar-refractivity contribution in [3.63, 3.8) is 0 Å². The van der Waals surface area contributed by atoms with Gasteiger partial charge in [-0.1, -0.05) is 50.4 Å². The molecule has 25 heavy (non-hydrogen) atoms. The highest BCUT2D eigenvalue weighted by Crippen LogP contribution is 2.36. The Morgan fingerprint density at radius 3 is 2.36 bits per heavy atom. The van der Waals surface area contributed by atoms with Gasteiger partial charge in [-0.15, -0.1) is 0 Å². The van der Waals surface area contributed by atoms with Crippen LogP contribution < -0.4 is 16.0 Å². The summed E-state index contributed by atoms with van der Waals surface area (Å²) in [6, 6.07) is 3.01. The number of nitrogens with zero attached hydrogens (tertiary/aromatic N) is 1. The topological polar surface area (TPSA) is 57.2 Å². The van der Waals surface area contributed by atoms with Gasteiger partial charge in [0.2, 0.25) is 0 Å². The average Bonchev–Trinajstić information content (AvgIpc) is 2.53. The summed E-state index contributed by atoms with van der Waals surface area (Å²) in [5, 5.41) is 1.91. The fourth-order valence-electron chi connectivity index (χ4n) is 3.00. The van der Waals surface area contributed by atoms with Crippen molar-refractivity contribution < 1.29 is 4.74 Å². The summed E-state index contributed by atoms with van der Waals surface area (Å²) >= 11 is 12.3. The molecule has 2 aromatic rings. The van der Waals surface area contributed by atoms with Gasteiger partial charge in [0.15, 0.2) is 0 Å². The average molecular weight is 385 g/mol. The van der Waals surface area contributed by atoms with Gasteiger partial charge >= 0.3 is 0 Å². The Hall–Kier alpha value is -1.23. The van der Waals surface area contributed by atoms with E-state index in [1.165, 1.54) is 0 Å². The van der Waals surface area contributed by atoms with E-state index < -0.39 is 0 Å². The van der Waals surface area contributed by atoms with Crippen molar-refractivity contribution in [1.82, 2.24) is 4.57 Å². The molecule has 0 radical (unpaired) electrons. The van der Waals surface area contributed by atoms with Gasteiger partial charge in [0, 0.05) is 18.5 Å². The van der Waals surface area contributed by atoms with Crippen molar-refractivity contribution in [2.75, 3.05) is 6.61 Å². The molecule has 0 aliphatic carbocycles. The Bertz CT molecular complexity index is 815. The predicted octanol–water partition coefficient (Wildman–Crippen LogP) is 5.07. The first kappa shape index (κ1) is 20.1. The molecular formula is C19H26Cl2N2O2. The predicted molar refractivity (Wildman–Crippen MR) is 106 cm³/mol. The van der Waals surface area contributed by atoms with Crippen molar-refractivity contribution in [2.45, 2.75) is 46.1 Å². The SMILES string of the molecule is CCCCOc1c(C(N)CC(C)C)n(C)c(=O)c2cc(Cl)c(Cl)cc12. The zero-order valence-electron chi connectivity index (χ0n) is 15.2. The Labute approximate surface area is 158 Å². The van der Waals surface area contributed by atoms with Crippen molar-refractivity contribution >= 4 is 34.0 Å². The van der Waals surface area contributed by atoms with Crippen molar-refractivity contribution in [3.8, 4) is 5.75 Å². The maximum atomic E-state index is 12.8. The first-order chi connectivity index (χ1) is 11.8. The molecule has 6 heteroatoms. The number of rotatable bonds is 7. The van der Waals surface area contributed by atoms with Crippen LogP contribution in [0.2, 0.25) is 10.0 Å². The zero-order chi connectivity index (χ0) is 18.7. The molecule has 2 N–H and O–H groups in total. The highest BCUT2D eigenvalue weighted by atomic mass is 35.5. The van der Waals surface area contributed by atoms with E-state index >= 15 is 0 Å². The number of fused-ring (bicyclic) bond motifs is 1. The Balaban J connectivity index is 2.75. The third kappa shape index (κ3) is 4.30. The summed E-state index contributed by atoms with van der Waals surface area (Å²) < 4.78 is 7.67. The van der Waals surface area contributed by atoms with Crippen LogP contribution in [0.15, 0.2) is 16.9 Å². The van der Waals surface area contributed by atoms with Crippen molar-refractivity contribution in [2.24, 2.45) is 18.7 Å². The minimum Gasteiger partial charge on any atom is -0.491 e. The van der Waals surface area contributed by atoms with Crippen LogP contribution in [0.1, 0.15) is 51.8 Å². The molecule has 0 aliphatic heterocycles. The normalized spacial score (nSPS) is 12.8. The molecule has 1 aromatic heterocycles. The molecule has 0 amide bonds. The Kier molecular flexibility index (Phi) is 6.78. The highest BCUT2D eigenvalue weighted by Gasteiger charge is 2.23. The number of nitrogens with two attached hydrogens (primary N) is 1. The largest absolute Gasteiger partial charge is 0.491 e. The van der Waals surface area contributed by atoms with Gasteiger partial charge in [-0.3, -0.25) is 4.79 Å². The number of ether oxygens (including phenoxy) is 1. The number of unbranched alkanes of at least 4 members (excludes halogenated alkanes) is 1. The van der Waals surface area contributed by atoms with Gasteiger partial charge < -0.3 is 15.0 Å². The van der Waals surface area contributed by atoms with Gasteiger partial charge in [0.25, 0.3) is 5.56 Å². The quantitative estimate of drug-likeness (QED) is 0.677. The molecule has 0 spiro atoms. The van der Waals surface area contributed by atoms with Crippen LogP contribution in [0.5, 0.6) is 5.75 Å². The number of hydrogen-bond donors (Lipinski definition) is 1. The summed E-state index contributed by atoms with van der Waals surface area (Å²) in [6.07, 6.45) is 2.69. The van der Waals surface area contributed by atoms with Crippen LogP contribution in [0.4, 0.5) is 0 Å². The summed E-state index contributed by atoms with van der Waals surface area (Å²) in [6.45, 7) is 6.87. The minimum absolute atomic E-state index is 0.148. The van der Waals surface area contributed by atoms with E-state index in [0.717, 1.165) is 19.3 Å². The molecule has 138 valence electrons. The molecular weight excluding hydrogens is 359 g/mol. The van der Waals surface area contributed by atoms with E-state index in [0.29, 0.717) is 44.8 Å². The standard InChI is InChI=1S/C19H26Cl2N2O2/c1-5-6-7-25-18-12-9-14(20)15(21)10-13(12)19(24)23(4)17(18)16(22)8-11(2)3/h9-11,16H,5-8,22H2,1-4H3. The lowest BCUT2D eigenvalue weighted by Crippen LogP contribution is -2.28. The smallest absolute Gasteiger partial charge is 0.258 e. The molecule has 0 aliphatic rings. The molecule has 4 nitrogen and oxygen atoms in total. The molecule has 0 saturated carbocycles. The first-order valence-corrected chi connectivity index (χ1v) is 9.43. The minimum atomic E-state index is -0.298. The van der Waals surface area contributed by atoms with Crippen LogP contribution in [-0.4, -0.2) is 11.2 Å². The lowest BCUT2D eigenvalue weighted by Gasteiger charge is -2.23. The van der Waals surface area contributed by atoms with E-state index in [-0.39, 0.29) is 11.6 Å². The lowest BCUT2D eigenvalue weighted by atomic mass is 9.98. The molecule has 2 rings (SSSR count). The maximum absolute atomic E-state index is 12.8. The maximum Gasteiger partial charge on any atom is 0.258 e. The summed E-state index contributed by atoms with van der Waals surface area (Å²) in [5.74, 6) is 1.04. The number of aromatic nitrogens is 1. The van der Waals surface area contributed by atoms with E-state index in [4.69, 9.17) is 33.7 Å². The fourth-order valence-corrected chi connectivity index (χ4v) is 3.33. The lowest BCUT2D eigenvalue weighted by molar-refractivity contribution is 0.301. The molecule has 0 bridgehead atoms. The van der Waals surface area contributed by atoms with E-state index in [2.05, 4.69) is 20.8 Å². The third-order valence-electron chi connectivity index (χ3n) is 4.25. The van der Waals surface area contributed by atoms with Crippen LogP contribution in [0, 0.1) is 5.92 Å². The van der Waals surface area contributed by atoms with Crippen LogP contribution in [0.3, 0.4) is 0 Å². The number of hydrogen-bond acceptors (Lipinski definition) is 3. The molecule has 1 unspecified atom stereocenters. The molecule has 1 heterocycles. The third-order valence-corrected chi connectivity index (χ3v) is 4.98. The van der Waals surface area contributed by atoms with Gasteiger partial charge in [-0.2, -0.15) is 0 Å². The first-order valence-electron chi connectivity index (χ1n) is 8.67. The van der Waals surface area contributed by atoms with E-state index in [9.17, 15) is 4.79 Å². The molecule has 0 fully saturated rings. The highest BCUT2D eigenvalue weighted by molar-refractivity contribution is 6.42. The van der Waals surface area contributed by atoms with Crippen molar-refractivity contribution in [1.29, 1.82) is 0 Å². The fraction of sp³-hybridized carbons (Fsp3) is 0.526. The summed E-state index contributed by atoms with van der Waals surface area (Å²) in [5.41, 5.74) is 6.99. The monoisotopic (exact) mass is 384 g/mol. The van der Waals surface area contributed by atoms with E-state index in [1.54, 1.807) is 23.7 Å². The van der Waals surface area contributed by atoms with Gasteiger partial charge in [0.05, 0.1) is 27.7 Å². The Morgan fingerprint density at radius 1 is 1.20 bits per heavy atom. The zero-order valence-corrected chi connectivity index (χ0v) is 16.7. The van der Waals surface area contributed by atoms with Crippen LogP contribution in [0.25, 0.3) is 10.8 Å². The summed E-state index contributed by atoms with van der Waals surface area (Å²) in [4.78, 5) is 12.8. The van der Waals surface area contributed by atoms with Gasteiger partial charge in [-0.05, 0) is 30.9 Å². The Morgan fingerprint density at radius 2 is 1.80 bits per heavy atom. The second-order valence-electron chi connectivity index (χ2n) is 6.83. The van der Waals surface area contributed by atoms with Crippen LogP contribution in [-0.2, 0) is 7.05 Å². The second kappa shape index (κ2) is 8.43. The molecule has 1 atom stereocenters. The molecule has 0 saturated heterocycles. The van der Waals surface area contributed by atoms with Gasteiger partial charge in [-0.25, -0.2) is 0 Å².